The number of rotatable bonds is 47. The number of hydrogen-bond acceptors (Lipinski definition) is 13. The van der Waals surface area contributed by atoms with Gasteiger partial charge in [-0.05, 0) is 84.3 Å². The first-order chi connectivity index (χ1) is 31.5. The Bertz CT molecular complexity index is 1110. The van der Waals surface area contributed by atoms with Gasteiger partial charge in [-0.1, -0.05) is 109 Å². The zero-order chi connectivity index (χ0) is 46.2. The number of piperidine rings is 1. The number of allylic oxidation sites excluding steroid dienone is 2. The molecule has 1 aliphatic rings. The highest BCUT2D eigenvalue weighted by Gasteiger charge is 2.24. The fourth-order valence-electron chi connectivity index (χ4n) is 6.95. The van der Waals surface area contributed by atoms with Crippen molar-refractivity contribution in [3.05, 3.63) is 24.3 Å². The first-order valence-corrected chi connectivity index (χ1v) is 25.4. The minimum absolute atomic E-state index is 0.00530. The van der Waals surface area contributed by atoms with Gasteiger partial charge in [0.1, 0.15) is 25.9 Å². The summed E-state index contributed by atoms with van der Waals surface area (Å²) in [6.07, 6.45) is 31.1. The van der Waals surface area contributed by atoms with Crippen molar-refractivity contribution in [1.29, 1.82) is 0 Å². The summed E-state index contributed by atoms with van der Waals surface area (Å²) in [5.74, 6) is -0.346. The van der Waals surface area contributed by atoms with Gasteiger partial charge in [0.2, 0.25) is 0 Å². The Kier molecular flexibility index (Phi) is 43.9. The molecule has 1 aliphatic heterocycles. The Morgan fingerprint density at radius 1 is 0.484 bits per heavy atom. The van der Waals surface area contributed by atoms with Gasteiger partial charge in [0.05, 0.1) is 65.4 Å². The van der Waals surface area contributed by atoms with Gasteiger partial charge < -0.3 is 47.5 Å². The minimum Gasteiger partial charge on any atom is -0.463 e. The van der Waals surface area contributed by atoms with E-state index in [1.807, 2.05) is 12.2 Å². The highest BCUT2D eigenvalue weighted by molar-refractivity contribution is 5.72. The Balaban J connectivity index is 2.17. The Hall–Kier alpha value is -2.39. The summed E-state index contributed by atoms with van der Waals surface area (Å²) in [7, 11) is 2.07. The third-order valence-corrected chi connectivity index (χ3v) is 11.0. The van der Waals surface area contributed by atoms with Crippen LogP contribution in [0.15, 0.2) is 24.3 Å². The van der Waals surface area contributed by atoms with E-state index in [9.17, 15) is 14.4 Å². The predicted octanol–water partition coefficient (Wildman–Crippen LogP) is 9.77. The van der Waals surface area contributed by atoms with Crippen molar-refractivity contribution >= 4 is 17.9 Å². The van der Waals surface area contributed by atoms with E-state index in [4.69, 9.17) is 42.6 Å². The molecule has 1 unspecified atom stereocenters. The second-order valence-corrected chi connectivity index (χ2v) is 16.9. The van der Waals surface area contributed by atoms with Crippen LogP contribution >= 0.6 is 0 Å². The number of unbranched alkanes of at least 4 members (excludes halogenated alkanes) is 15. The van der Waals surface area contributed by atoms with E-state index in [2.05, 4.69) is 37.9 Å². The molecular weight excluding hydrogens is 819 g/mol. The summed E-state index contributed by atoms with van der Waals surface area (Å²) in [4.78, 5) is 38.4. The van der Waals surface area contributed by atoms with Gasteiger partial charge in [-0.2, -0.15) is 0 Å². The van der Waals surface area contributed by atoms with Crippen molar-refractivity contribution in [2.24, 2.45) is 5.92 Å². The van der Waals surface area contributed by atoms with E-state index in [1.165, 1.54) is 44.9 Å². The Labute approximate surface area is 389 Å². The first-order valence-electron chi connectivity index (χ1n) is 25.4. The molecule has 1 saturated heterocycles. The zero-order valence-corrected chi connectivity index (χ0v) is 40.9. The predicted molar refractivity (Wildman–Crippen MR) is 254 cm³/mol. The number of carbonyl (C=O) groups excluding carboxylic acids is 3. The van der Waals surface area contributed by atoms with Gasteiger partial charge in [0.25, 0.3) is 0 Å². The maximum atomic E-state index is 12.2. The highest BCUT2D eigenvalue weighted by atomic mass is 16.6. The first kappa shape index (κ1) is 59.6. The molecule has 0 radical (unpaired) electrons. The normalized spacial score (nSPS) is 14.2. The lowest BCUT2D eigenvalue weighted by Gasteiger charge is -2.27. The summed E-state index contributed by atoms with van der Waals surface area (Å²) in [5.41, 5.74) is 0. The molecule has 1 atom stereocenters. The van der Waals surface area contributed by atoms with Crippen LogP contribution in [0.25, 0.3) is 0 Å². The maximum Gasteiger partial charge on any atom is 0.309 e. The molecular formula is C51H93NO12. The molecule has 0 aliphatic carbocycles. The Morgan fingerprint density at radius 2 is 0.922 bits per heavy atom. The quantitative estimate of drug-likeness (QED) is 0.0248. The van der Waals surface area contributed by atoms with E-state index in [0.29, 0.717) is 98.7 Å². The van der Waals surface area contributed by atoms with Crippen LogP contribution in [-0.2, 0) is 57.0 Å². The maximum absolute atomic E-state index is 12.2. The van der Waals surface area contributed by atoms with Crippen molar-refractivity contribution < 1.29 is 57.0 Å². The van der Waals surface area contributed by atoms with E-state index in [1.54, 1.807) is 0 Å². The van der Waals surface area contributed by atoms with Crippen LogP contribution < -0.4 is 0 Å². The fraction of sp³-hybridized carbons (Fsp3) is 0.863. The molecule has 1 fully saturated rings. The standard InChI is InChI=1S/C51H93NO12/c1-4-6-8-10-12-19-26-36-63-50(54)28-22-16-14-20-24-34-61-48(45-59-33-23-17-13-15-21-27-49(53)62-35-25-18-11-9-7-5-2)46-60-42-41-57-38-37-56-39-40-58-43-44-64-51(55)47-29-31-52(3)32-30-47/h18-19,25-26,47-48H,4-17,20-24,27-46H2,1-3H3/b25-18-,26-19-. The lowest BCUT2D eigenvalue weighted by Crippen LogP contribution is -2.34. The molecule has 0 aromatic rings. The SMILES string of the molecule is CCCCC/C=C\COC(=O)CCCCCCCOCC(COCCOCCOCCOCCOC(=O)C1CCN(C)CC1)OCCCCCCCC(=O)OC/C=C\CCCCCC. The number of ether oxygens (including phenoxy) is 9. The van der Waals surface area contributed by atoms with Gasteiger partial charge in [0, 0.05) is 26.1 Å². The second-order valence-electron chi connectivity index (χ2n) is 16.9. The fourth-order valence-corrected chi connectivity index (χ4v) is 6.95. The van der Waals surface area contributed by atoms with Gasteiger partial charge in [-0.25, -0.2) is 0 Å². The van der Waals surface area contributed by atoms with Crippen molar-refractivity contribution in [2.45, 2.75) is 168 Å². The average molecular weight is 912 g/mol. The van der Waals surface area contributed by atoms with Crippen molar-refractivity contribution in [1.82, 2.24) is 4.90 Å². The number of hydrogen-bond donors (Lipinski definition) is 0. The third-order valence-electron chi connectivity index (χ3n) is 11.0. The smallest absolute Gasteiger partial charge is 0.309 e. The van der Waals surface area contributed by atoms with Crippen molar-refractivity contribution in [2.75, 3.05) is 113 Å². The van der Waals surface area contributed by atoms with E-state index < -0.39 is 0 Å². The van der Waals surface area contributed by atoms with Crippen LogP contribution in [0.4, 0.5) is 0 Å². The lowest BCUT2D eigenvalue weighted by molar-refractivity contribution is -0.151. The molecule has 0 aromatic heterocycles. The van der Waals surface area contributed by atoms with Crippen LogP contribution in [0.3, 0.4) is 0 Å². The van der Waals surface area contributed by atoms with Crippen molar-refractivity contribution in [3.8, 4) is 0 Å². The molecule has 64 heavy (non-hydrogen) atoms. The molecule has 0 N–H and O–H groups in total. The van der Waals surface area contributed by atoms with Crippen LogP contribution in [0.5, 0.6) is 0 Å². The summed E-state index contributed by atoms with van der Waals surface area (Å²) < 4.78 is 50.9. The molecule has 13 heteroatoms. The molecule has 0 spiro atoms. The highest BCUT2D eigenvalue weighted by Crippen LogP contribution is 2.17. The molecule has 0 aromatic carbocycles. The zero-order valence-electron chi connectivity index (χ0n) is 40.9. The summed E-state index contributed by atoms with van der Waals surface area (Å²) >= 11 is 0. The van der Waals surface area contributed by atoms with E-state index >= 15 is 0 Å². The summed E-state index contributed by atoms with van der Waals surface area (Å²) in [6, 6.07) is 0. The Morgan fingerprint density at radius 3 is 1.48 bits per heavy atom. The number of esters is 3. The molecule has 0 amide bonds. The largest absolute Gasteiger partial charge is 0.463 e. The van der Waals surface area contributed by atoms with Gasteiger partial charge in [-0.3, -0.25) is 14.4 Å². The summed E-state index contributed by atoms with van der Waals surface area (Å²) in [6.45, 7) is 12.5. The minimum atomic E-state index is -0.168. The topological polar surface area (TPSA) is 138 Å². The average Bonchev–Trinajstić information content (AvgIpc) is 3.29. The van der Waals surface area contributed by atoms with Crippen LogP contribution in [0.2, 0.25) is 0 Å². The second kappa shape index (κ2) is 47.1. The molecule has 0 bridgehead atoms. The van der Waals surface area contributed by atoms with Gasteiger partial charge in [0.15, 0.2) is 0 Å². The molecule has 1 rings (SSSR count). The van der Waals surface area contributed by atoms with Gasteiger partial charge >= 0.3 is 17.9 Å². The van der Waals surface area contributed by atoms with Crippen LogP contribution in [0, 0.1) is 5.92 Å². The molecule has 374 valence electrons. The molecule has 1 heterocycles. The van der Waals surface area contributed by atoms with E-state index in [0.717, 1.165) is 103 Å². The lowest BCUT2D eigenvalue weighted by atomic mass is 9.97. The monoisotopic (exact) mass is 912 g/mol. The number of carbonyl (C=O) groups is 3. The number of nitrogens with zero attached hydrogens (tertiary/aromatic N) is 1. The van der Waals surface area contributed by atoms with Crippen molar-refractivity contribution in [3.63, 3.8) is 0 Å². The van der Waals surface area contributed by atoms with Crippen LogP contribution in [-0.4, -0.2) is 142 Å². The summed E-state index contributed by atoms with van der Waals surface area (Å²) in [5, 5.41) is 0. The van der Waals surface area contributed by atoms with Gasteiger partial charge in [-0.15, -0.1) is 0 Å². The van der Waals surface area contributed by atoms with Crippen LogP contribution in [0.1, 0.15) is 162 Å². The van der Waals surface area contributed by atoms with E-state index in [-0.39, 0.29) is 36.5 Å². The third kappa shape index (κ3) is 41.1. The molecule has 13 nitrogen and oxygen atoms in total. The molecule has 0 saturated carbocycles. The number of likely N-dealkylation sites (tertiary alicyclic amines) is 1.